The van der Waals surface area contributed by atoms with E-state index in [-0.39, 0.29) is 24.5 Å². The van der Waals surface area contributed by atoms with Gasteiger partial charge in [-0.3, -0.25) is 14.4 Å². The molecule has 0 radical (unpaired) electrons. The minimum Gasteiger partial charge on any atom is -0.359 e. The van der Waals surface area contributed by atoms with E-state index in [0.29, 0.717) is 24.6 Å². The minimum absolute atomic E-state index is 0.0600. The van der Waals surface area contributed by atoms with Crippen LogP contribution in [0.4, 0.5) is 5.82 Å². The molecule has 1 saturated heterocycles. The van der Waals surface area contributed by atoms with Crippen LogP contribution in [-0.2, 0) is 23.3 Å². The van der Waals surface area contributed by atoms with Gasteiger partial charge in [0.05, 0.1) is 17.7 Å². The van der Waals surface area contributed by atoms with Crippen LogP contribution in [0.5, 0.6) is 0 Å². The van der Waals surface area contributed by atoms with Gasteiger partial charge in [-0.15, -0.1) is 5.10 Å². The van der Waals surface area contributed by atoms with Crippen molar-refractivity contribution in [1.29, 1.82) is 5.26 Å². The number of fused-ring (bicyclic) bond motifs is 1. The van der Waals surface area contributed by atoms with Crippen molar-refractivity contribution in [3.05, 3.63) is 24.7 Å². The third-order valence-corrected chi connectivity index (χ3v) is 9.01. The number of aromatic nitrogens is 5. The van der Waals surface area contributed by atoms with Crippen LogP contribution in [-0.4, -0.2) is 51.7 Å². The summed E-state index contributed by atoms with van der Waals surface area (Å²) in [4.78, 5) is 20.2. The lowest BCUT2D eigenvalue weighted by atomic mass is 9.75. The highest BCUT2D eigenvalue weighted by molar-refractivity contribution is 6.76. The standard InChI is InChI=1S/C25H33N7O2Si/c1-17-13-31(24(33)25(17,15-26)20-6-7-20)23-21-10-18(19-12-28-30(2)14-19)11-27-22(21)32(29-23)16-34-8-9-35(3,4)5/h10-12,14,17,20H,6-9,13,16H2,1-5H3/t17-,25+/m1/s1. The predicted molar refractivity (Wildman–Crippen MR) is 136 cm³/mol. The van der Waals surface area contributed by atoms with Crippen molar-refractivity contribution >= 4 is 30.8 Å². The summed E-state index contributed by atoms with van der Waals surface area (Å²) in [5.74, 6) is 0.507. The maximum atomic E-state index is 13.7. The number of nitriles is 1. The maximum Gasteiger partial charge on any atom is 0.249 e. The number of anilines is 1. The topological polar surface area (TPSA) is 102 Å². The molecular formula is C25H33N7O2Si. The Morgan fingerprint density at radius 3 is 2.66 bits per heavy atom. The first-order valence-electron chi connectivity index (χ1n) is 12.3. The summed E-state index contributed by atoms with van der Waals surface area (Å²) in [6.45, 7) is 10.4. The molecule has 2 atom stereocenters. The highest BCUT2D eigenvalue weighted by atomic mass is 28.3. The van der Waals surface area contributed by atoms with Gasteiger partial charge in [0.1, 0.15) is 12.1 Å². The Labute approximate surface area is 206 Å². The zero-order valence-corrected chi connectivity index (χ0v) is 22.2. The smallest absolute Gasteiger partial charge is 0.249 e. The number of pyridine rings is 1. The van der Waals surface area contributed by atoms with Crippen LogP contribution in [0, 0.1) is 28.6 Å². The number of carbonyl (C=O) groups excluding carboxylic acids is 1. The first-order chi connectivity index (χ1) is 16.6. The molecule has 9 nitrogen and oxygen atoms in total. The lowest BCUT2D eigenvalue weighted by Crippen LogP contribution is -2.37. The molecule has 2 aliphatic rings. The molecule has 0 unspecified atom stereocenters. The Kier molecular flexibility index (Phi) is 5.80. The monoisotopic (exact) mass is 491 g/mol. The molecule has 1 amide bonds. The van der Waals surface area contributed by atoms with Gasteiger partial charge in [-0.2, -0.15) is 10.4 Å². The lowest BCUT2D eigenvalue weighted by molar-refractivity contribution is -0.124. The van der Waals surface area contributed by atoms with Crippen molar-refractivity contribution < 1.29 is 9.53 Å². The highest BCUT2D eigenvalue weighted by Crippen LogP contribution is 2.54. The first-order valence-corrected chi connectivity index (χ1v) is 16.0. The number of nitrogens with zero attached hydrogens (tertiary/aromatic N) is 7. The molecule has 0 aromatic carbocycles. The van der Waals surface area contributed by atoms with Gasteiger partial charge in [-0.25, -0.2) is 9.67 Å². The highest BCUT2D eigenvalue weighted by Gasteiger charge is 2.61. The number of rotatable bonds is 8. The van der Waals surface area contributed by atoms with Gasteiger partial charge in [0, 0.05) is 57.7 Å². The summed E-state index contributed by atoms with van der Waals surface area (Å²) in [6, 6.07) is 5.49. The zero-order valence-electron chi connectivity index (χ0n) is 21.2. The molecule has 3 aromatic rings. The molecule has 1 aliphatic heterocycles. The third-order valence-electron chi connectivity index (χ3n) is 7.31. The van der Waals surface area contributed by atoms with Crippen molar-refractivity contribution in [2.45, 2.75) is 52.2 Å². The van der Waals surface area contributed by atoms with E-state index in [1.54, 1.807) is 20.5 Å². The molecule has 35 heavy (non-hydrogen) atoms. The van der Waals surface area contributed by atoms with E-state index in [2.05, 4.69) is 30.8 Å². The van der Waals surface area contributed by atoms with E-state index in [0.717, 1.165) is 35.4 Å². The number of carbonyl (C=O) groups is 1. The quantitative estimate of drug-likeness (QED) is 0.348. The molecule has 10 heteroatoms. The van der Waals surface area contributed by atoms with Gasteiger partial charge in [0.25, 0.3) is 0 Å². The van der Waals surface area contributed by atoms with Gasteiger partial charge < -0.3 is 4.74 Å². The van der Waals surface area contributed by atoms with Crippen molar-refractivity contribution in [2.24, 2.45) is 24.3 Å². The van der Waals surface area contributed by atoms with Crippen molar-refractivity contribution in [3.63, 3.8) is 0 Å². The van der Waals surface area contributed by atoms with E-state index in [9.17, 15) is 10.1 Å². The Morgan fingerprint density at radius 2 is 2.03 bits per heavy atom. The normalized spacial score (nSPS) is 22.8. The Morgan fingerprint density at radius 1 is 1.26 bits per heavy atom. The molecule has 2 fully saturated rings. The van der Waals surface area contributed by atoms with Crippen molar-refractivity contribution in [1.82, 2.24) is 24.5 Å². The average molecular weight is 492 g/mol. The Hall–Kier alpha value is -3.03. The number of ether oxygens (including phenoxy) is 1. The summed E-state index contributed by atoms with van der Waals surface area (Å²) < 4.78 is 9.47. The fourth-order valence-electron chi connectivity index (χ4n) is 5.07. The van der Waals surface area contributed by atoms with Crippen molar-refractivity contribution in [3.8, 4) is 17.2 Å². The van der Waals surface area contributed by atoms with Crippen LogP contribution in [0.25, 0.3) is 22.2 Å². The van der Waals surface area contributed by atoms with E-state index >= 15 is 0 Å². The largest absolute Gasteiger partial charge is 0.359 e. The molecule has 3 aromatic heterocycles. The third kappa shape index (κ3) is 4.17. The summed E-state index contributed by atoms with van der Waals surface area (Å²) in [5.41, 5.74) is 1.55. The van der Waals surface area contributed by atoms with Gasteiger partial charge >= 0.3 is 0 Å². The summed E-state index contributed by atoms with van der Waals surface area (Å²) in [5, 5.41) is 20.0. The van der Waals surface area contributed by atoms with E-state index in [1.165, 1.54) is 0 Å². The number of amides is 1. The number of hydrogen-bond acceptors (Lipinski definition) is 6. The van der Waals surface area contributed by atoms with Crippen molar-refractivity contribution in [2.75, 3.05) is 18.1 Å². The van der Waals surface area contributed by atoms with Gasteiger partial charge in [0.15, 0.2) is 11.5 Å². The van der Waals surface area contributed by atoms with Crippen LogP contribution in [0.15, 0.2) is 24.7 Å². The number of aryl methyl sites for hydroxylation is 1. The molecule has 0 bridgehead atoms. The second-order valence-electron chi connectivity index (χ2n) is 11.2. The van der Waals surface area contributed by atoms with Crippen LogP contribution >= 0.6 is 0 Å². The average Bonchev–Trinajstić information content (AvgIpc) is 3.38. The molecule has 1 aliphatic carbocycles. The molecule has 4 heterocycles. The second-order valence-corrected chi connectivity index (χ2v) is 16.9. The maximum absolute atomic E-state index is 13.7. The molecule has 0 spiro atoms. The predicted octanol–water partition coefficient (Wildman–Crippen LogP) is 4.05. The molecule has 0 N–H and O–H groups in total. The van der Waals surface area contributed by atoms with Crippen LogP contribution in [0.3, 0.4) is 0 Å². The van der Waals surface area contributed by atoms with Crippen LogP contribution in [0.1, 0.15) is 19.8 Å². The van der Waals surface area contributed by atoms with E-state index in [4.69, 9.17) is 14.8 Å². The molecule has 1 saturated carbocycles. The minimum atomic E-state index is -1.21. The Bertz CT molecular complexity index is 1310. The van der Waals surface area contributed by atoms with E-state index in [1.807, 2.05) is 32.4 Å². The summed E-state index contributed by atoms with van der Waals surface area (Å²) in [6.07, 6.45) is 7.41. The zero-order chi connectivity index (χ0) is 25.0. The summed E-state index contributed by atoms with van der Waals surface area (Å²) >= 11 is 0. The van der Waals surface area contributed by atoms with Crippen LogP contribution in [0.2, 0.25) is 25.7 Å². The molecular weight excluding hydrogens is 458 g/mol. The van der Waals surface area contributed by atoms with E-state index < -0.39 is 13.5 Å². The molecule has 184 valence electrons. The lowest BCUT2D eigenvalue weighted by Gasteiger charge is -2.22. The molecule has 5 rings (SSSR count). The van der Waals surface area contributed by atoms with Gasteiger partial charge in [-0.1, -0.05) is 26.6 Å². The van der Waals surface area contributed by atoms with Gasteiger partial charge in [0.2, 0.25) is 5.91 Å². The Balaban J connectivity index is 1.53. The van der Waals surface area contributed by atoms with Gasteiger partial charge in [-0.05, 0) is 30.9 Å². The summed E-state index contributed by atoms with van der Waals surface area (Å²) in [7, 11) is 0.664. The fraction of sp³-hybridized carbons (Fsp3) is 0.560. The number of hydrogen-bond donors (Lipinski definition) is 0. The SMILES string of the molecule is C[C@@H]1CN(c2nn(COCC[Si](C)(C)C)c3ncc(-c4cnn(C)c4)cc23)C(=O)[C@]1(C#N)C1CC1. The second kappa shape index (κ2) is 8.57. The first kappa shape index (κ1) is 23.7. The fourth-order valence-corrected chi connectivity index (χ4v) is 5.83. The van der Waals surface area contributed by atoms with Crippen LogP contribution < -0.4 is 4.90 Å².